The quantitative estimate of drug-likeness (QED) is 0.577. The van der Waals surface area contributed by atoms with Gasteiger partial charge in [-0.2, -0.15) is 0 Å². The average Bonchev–Trinajstić information content (AvgIpc) is 2.29. The van der Waals surface area contributed by atoms with Crippen molar-refractivity contribution in [3.8, 4) is 0 Å². The average molecular weight is 225 g/mol. The first-order chi connectivity index (χ1) is 7.62. The monoisotopic (exact) mass is 225 g/mol. The van der Waals surface area contributed by atoms with Crippen molar-refractivity contribution < 1.29 is 20.1 Å². The van der Waals surface area contributed by atoms with E-state index < -0.39 is 24.8 Å². The van der Waals surface area contributed by atoms with E-state index in [0.29, 0.717) is 0 Å². The summed E-state index contributed by atoms with van der Waals surface area (Å²) in [6.07, 6.45) is -1.02. The fourth-order valence-electron chi connectivity index (χ4n) is 1.50. The molecule has 0 aliphatic carbocycles. The number of hydrogen-bond donors (Lipinski definition) is 4. The summed E-state index contributed by atoms with van der Waals surface area (Å²) in [5.41, 5.74) is -0.382. The summed E-state index contributed by atoms with van der Waals surface area (Å²) < 4.78 is 0. The molecule has 0 saturated carbocycles. The molecule has 0 aliphatic heterocycles. The molecule has 5 heteroatoms. The SMILES string of the molecule is O=C(O)NC(CO)(CO)Cc1ccccc1. The molecule has 1 aromatic carbocycles. The lowest BCUT2D eigenvalue weighted by Gasteiger charge is -2.29. The number of nitrogens with one attached hydrogen (secondary N) is 1. The molecule has 0 spiro atoms. The van der Waals surface area contributed by atoms with E-state index in [9.17, 15) is 15.0 Å². The van der Waals surface area contributed by atoms with Crippen molar-refractivity contribution in [1.29, 1.82) is 0 Å². The number of carboxylic acid groups (broad SMARTS) is 1. The number of carbonyl (C=O) groups is 1. The van der Waals surface area contributed by atoms with Gasteiger partial charge in [-0.15, -0.1) is 0 Å². The smallest absolute Gasteiger partial charge is 0.405 e. The molecule has 88 valence electrons. The van der Waals surface area contributed by atoms with Crippen LogP contribution in [0.15, 0.2) is 30.3 Å². The Labute approximate surface area is 93.4 Å². The molecule has 0 bridgehead atoms. The van der Waals surface area contributed by atoms with Crippen molar-refractivity contribution in [3.63, 3.8) is 0 Å². The van der Waals surface area contributed by atoms with Gasteiger partial charge in [-0.3, -0.25) is 0 Å². The topological polar surface area (TPSA) is 89.8 Å². The highest BCUT2D eigenvalue weighted by Crippen LogP contribution is 2.12. The number of amides is 1. The molecule has 1 rings (SSSR count). The number of benzene rings is 1. The van der Waals surface area contributed by atoms with E-state index in [-0.39, 0.29) is 6.42 Å². The molecule has 0 atom stereocenters. The minimum Gasteiger partial charge on any atom is -0.465 e. The summed E-state index contributed by atoms with van der Waals surface area (Å²) in [7, 11) is 0. The second kappa shape index (κ2) is 5.48. The molecular formula is C11H15NO4. The van der Waals surface area contributed by atoms with Crippen LogP contribution in [0.5, 0.6) is 0 Å². The molecule has 0 aromatic heterocycles. The van der Waals surface area contributed by atoms with Crippen LogP contribution in [0, 0.1) is 0 Å². The van der Waals surface area contributed by atoms with Gasteiger partial charge in [0.05, 0.1) is 18.8 Å². The van der Waals surface area contributed by atoms with E-state index in [4.69, 9.17) is 5.11 Å². The van der Waals surface area contributed by atoms with Gasteiger partial charge < -0.3 is 20.6 Å². The van der Waals surface area contributed by atoms with Gasteiger partial charge in [0.2, 0.25) is 0 Å². The standard InChI is InChI=1S/C11H15NO4/c13-7-11(8-14,12-10(15)16)6-9-4-2-1-3-5-9/h1-5,12-14H,6-8H2,(H,15,16). The van der Waals surface area contributed by atoms with Gasteiger partial charge in [-0.1, -0.05) is 30.3 Å². The minimum absolute atomic E-state index is 0.243. The van der Waals surface area contributed by atoms with Crippen LogP contribution in [0.3, 0.4) is 0 Å². The molecule has 0 unspecified atom stereocenters. The van der Waals surface area contributed by atoms with Gasteiger partial charge in [0.25, 0.3) is 0 Å². The van der Waals surface area contributed by atoms with E-state index in [0.717, 1.165) is 5.56 Å². The number of hydrogen-bond acceptors (Lipinski definition) is 3. The van der Waals surface area contributed by atoms with Gasteiger partial charge in [-0.05, 0) is 5.56 Å². The Kier molecular flexibility index (Phi) is 4.28. The summed E-state index contributed by atoms with van der Waals surface area (Å²) in [5.74, 6) is 0. The van der Waals surface area contributed by atoms with Crippen LogP contribution >= 0.6 is 0 Å². The van der Waals surface area contributed by atoms with Crippen LogP contribution in [-0.2, 0) is 6.42 Å². The van der Waals surface area contributed by atoms with Crippen LogP contribution in [0.4, 0.5) is 4.79 Å². The maximum absolute atomic E-state index is 10.6. The van der Waals surface area contributed by atoms with Gasteiger partial charge in [0.1, 0.15) is 0 Å². The lowest BCUT2D eigenvalue weighted by Crippen LogP contribution is -2.55. The Hall–Kier alpha value is -1.59. The first kappa shape index (κ1) is 12.5. The third kappa shape index (κ3) is 3.22. The maximum Gasteiger partial charge on any atom is 0.405 e. The first-order valence-corrected chi connectivity index (χ1v) is 4.89. The normalized spacial score (nSPS) is 11.1. The summed E-state index contributed by atoms with van der Waals surface area (Å²) in [6.45, 7) is -0.907. The fraction of sp³-hybridized carbons (Fsp3) is 0.364. The predicted octanol–water partition coefficient (Wildman–Crippen LogP) is 0.220. The van der Waals surface area contributed by atoms with E-state index in [1.54, 1.807) is 0 Å². The molecule has 0 heterocycles. The molecule has 0 radical (unpaired) electrons. The van der Waals surface area contributed by atoms with Crippen molar-refractivity contribution in [1.82, 2.24) is 5.32 Å². The second-order valence-corrected chi connectivity index (χ2v) is 3.69. The molecule has 5 nitrogen and oxygen atoms in total. The number of aliphatic hydroxyl groups excluding tert-OH is 2. The Bertz CT molecular complexity index is 335. The third-order valence-electron chi connectivity index (χ3n) is 2.36. The lowest BCUT2D eigenvalue weighted by molar-refractivity contribution is 0.0862. The summed E-state index contributed by atoms with van der Waals surface area (Å²) in [4.78, 5) is 10.6. The largest absolute Gasteiger partial charge is 0.465 e. The van der Waals surface area contributed by atoms with Gasteiger partial charge in [0, 0.05) is 6.42 Å². The molecule has 1 amide bonds. The Balaban J connectivity index is 2.82. The van der Waals surface area contributed by atoms with Crippen molar-refractivity contribution in [2.75, 3.05) is 13.2 Å². The van der Waals surface area contributed by atoms with Crippen molar-refractivity contribution in [3.05, 3.63) is 35.9 Å². The van der Waals surface area contributed by atoms with Crippen LogP contribution in [-0.4, -0.2) is 40.2 Å². The Morgan fingerprint density at radius 1 is 1.19 bits per heavy atom. The van der Waals surface area contributed by atoms with Crippen LogP contribution in [0.2, 0.25) is 0 Å². The zero-order chi connectivity index (χ0) is 12.0. The zero-order valence-electron chi connectivity index (χ0n) is 8.76. The summed E-state index contributed by atoms with van der Waals surface area (Å²) in [5, 5.41) is 29.2. The molecule has 0 saturated heterocycles. The highest BCUT2D eigenvalue weighted by molar-refractivity contribution is 5.65. The lowest BCUT2D eigenvalue weighted by atomic mass is 9.92. The molecular weight excluding hydrogens is 210 g/mol. The predicted molar refractivity (Wildman–Crippen MR) is 58.2 cm³/mol. The Morgan fingerprint density at radius 2 is 1.75 bits per heavy atom. The van der Waals surface area contributed by atoms with E-state index in [1.165, 1.54) is 0 Å². The zero-order valence-corrected chi connectivity index (χ0v) is 8.76. The summed E-state index contributed by atoms with van der Waals surface area (Å²) in [6, 6.07) is 9.09. The molecule has 0 fully saturated rings. The highest BCUT2D eigenvalue weighted by atomic mass is 16.4. The van der Waals surface area contributed by atoms with E-state index in [1.807, 2.05) is 30.3 Å². The third-order valence-corrected chi connectivity index (χ3v) is 2.36. The van der Waals surface area contributed by atoms with Gasteiger partial charge >= 0.3 is 6.09 Å². The number of aliphatic hydroxyl groups is 2. The molecule has 1 aromatic rings. The van der Waals surface area contributed by atoms with Gasteiger partial charge in [-0.25, -0.2) is 4.79 Å². The van der Waals surface area contributed by atoms with Crippen molar-refractivity contribution >= 4 is 6.09 Å². The fourth-order valence-corrected chi connectivity index (χ4v) is 1.50. The van der Waals surface area contributed by atoms with Crippen LogP contribution in [0.1, 0.15) is 5.56 Å². The maximum atomic E-state index is 10.6. The van der Waals surface area contributed by atoms with Crippen LogP contribution in [0.25, 0.3) is 0 Å². The van der Waals surface area contributed by atoms with E-state index in [2.05, 4.69) is 5.32 Å². The van der Waals surface area contributed by atoms with Crippen molar-refractivity contribution in [2.45, 2.75) is 12.0 Å². The Morgan fingerprint density at radius 3 is 2.19 bits per heavy atom. The molecule has 4 N–H and O–H groups in total. The second-order valence-electron chi connectivity index (χ2n) is 3.69. The van der Waals surface area contributed by atoms with Gasteiger partial charge in [0.15, 0.2) is 0 Å². The summed E-state index contributed by atoms with van der Waals surface area (Å²) >= 11 is 0. The number of rotatable bonds is 5. The van der Waals surface area contributed by atoms with Crippen LogP contribution < -0.4 is 5.32 Å². The van der Waals surface area contributed by atoms with Crippen molar-refractivity contribution in [2.24, 2.45) is 0 Å². The molecule has 16 heavy (non-hydrogen) atoms. The van der Waals surface area contributed by atoms with E-state index >= 15 is 0 Å². The minimum atomic E-state index is -1.26. The first-order valence-electron chi connectivity index (χ1n) is 4.89. The molecule has 0 aliphatic rings. The highest BCUT2D eigenvalue weighted by Gasteiger charge is 2.30.